The van der Waals surface area contributed by atoms with E-state index in [9.17, 15) is 27.6 Å². The van der Waals surface area contributed by atoms with Crippen molar-refractivity contribution in [1.29, 1.82) is 0 Å². The van der Waals surface area contributed by atoms with E-state index in [2.05, 4.69) is 15.0 Å². The van der Waals surface area contributed by atoms with Gasteiger partial charge in [-0.3, -0.25) is 9.59 Å². The SMILES string of the molecule is O=C(Nc1cc(CN2CC(=O)N(c3ccc(OC(F)(F)F)cc3)C2=O)ccn1)c1ccccc1Cl. The quantitative estimate of drug-likeness (QED) is 0.484. The van der Waals surface area contributed by atoms with Gasteiger partial charge in [0.25, 0.3) is 11.8 Å². The zero-order valence-corrected chi connectivity index (χ0v) is 18.5. The molecule has 1 N–H and O–H groups in total. The molecule has 3 aromatic rings. The molecule has 2 heterocycles. The van der Waals surface area contributed by atoms with Crippen LogP contribution in [0.15, 0.2) is 66.9 Å². The summed E-state index contributed by atoms with van der Waals surface area (Å²) >= 11 is 6.04. The fraction of sp³-hybridized carbons (Fsp3) is 0.130. The summed E-state index contributed by atoms with van der Waals surface area (Å²) in [5.41, 5.74) is 0.967. The van der Waals surface area contributed by atoms with E-state index in [0.29, 0.717) is 5.56 Å². The van der Waals surface area contributed by atoms with Gasteiger partial charge in [0.15, 0.2) is 0 Å². The number of pyridine rings is 1. The summed E-state index contributed by atoms with van der Waals surface area (Å²) in [4.78, 5) is 44.0. The first-order valence-electron chi connectivity index (χ1n) is 10.1. The molecule has 1 aromatic heterocycles. The number of anilines is 2. The number of urea groups is 1. The minimum absolute atomic E-state index is 0.0355. The molecule has 2 aromatic carbocycles. The second kappa shape index (κ2) is 9.63. The number of amides is 4. The first kappa shape index (κ1) is 24.0. The van der Waals surface area contributed by atoms with Gasteiger partial charge in [0.1, 0.15) is 18.1 Å². The van der Waals surface area contributed by atoms with E-state index in [-0.39, 0.29) is 35.2 Å². The van der Waals surface area contributed by atoms with Crippen LogP contribution in [0.3, 0.4) is 0 Å². The summed E-state index contributed by atoms with van der Waals surface area (Å²) in [5, 5.41) is 2.91. The zero-order valence-electron chi connectivity index (χ0n) is 17.8. The molecule has 0 atom stereocenters. The van der Waals surface area contributed by atoms with Gasteiger partial charge in [-0.05, 0) is 54.1 Å². The van der Waals surface area contributed by atoms with Gasteiger partial charge in [-0.15, -0.1) is 13.2 Å². The Morgan fingerprint density at radius 3 is 2.49 bits per heavy atom. The first-order chi connectivity index (χ1) is 16.6. The lowest BCUT2D eigenvalue weighted by molar-refractivity contribution is -0.274. The molecule has 0 saturated carbocycles. The van der Waals surface area contributed by atoms with Crippen LogP contribution >= 0.6 is 11.6 Å². The number of nitrogens with one attached hydrogen (secondary N) is 1. The number of hydrogen-bond acceptors (Lipinski definition) is 5. The van der Waals surface area contributed by atoms with Crippen molar-refractivity contribution >= 4 is 41.0 Å². The van der Waals surface area contributed by atoms with Crippen molar-refractivity contribution in [3.8, 4) is 5.75 Å². The molecular weight excluding hydrogens is 489 g/mol. The Labute approximate surface area is 201 Å². The van der Waals surface area contributed by atoms with Crippen LogP contribution in [0.25, 0.3) is 0 Å². The highest BCUT2D eigenvalue weighted by Crippen LogP contribution is 2.28. The predicted octanol–water partition coefficient (Wildman–Crippen LogP) is 4.85. The van der Waals surface area contributed by atoms with Crippen LogP contribution < -0.4 is 15.0 Å². The summed E-state index contributed by atoms with van der Waals surface area (Å²) in [6.07, 6.45) is -3.41. The standard InChI is InChI=1S/C23H16ClF3N4O4/c24-18-4-2-1-3-17(18)21(33)29-19-11-14(9-10-28-19)12-30-13-20(32)31(22(30)34)15-5-7-16(8-6-15)35-23(25,26)27/h1-11H,12-13H2,(H,28,29,33). The number of aromatic nitrogens is 1. The second-order valence-electron chi connectivity index (χ2n) is 7.39. The summed E-state index contributed by atoms with van der Waals surface area (Å²) in [6.45, 7) is -0.197. The van der Waals surface area contributed by atoms with E-state index >= 15 is 0 Å². The monoisotopic (exact) mass is 504 g/mol. The third kappa shape index (κ3) is 5.69. The predicted molar refractivity (Wildman–Crippen MR) is 120 cm³/mol. The molecule has 12 heteroatoms. The van der Waals surface area contributed by atoms with Gasteiger partial charge in [0.05, 0.1) is 16.3 Å². The Hall–Kier alpha value is -4.12. The van der Waals surface area contributed by atoms with Crippen LogP contribution in [0.1, 0.15) is 15.9 Å². The van der Waals surface area contributed by atoms with Crippen LogP contribution in [0, 0.1) is 0 Å². The van der Waals surface area contributed by atoms with Crippen molar-refractivity contribution < 1.29 is 32.3 Å². The van der Waals surface area contributed by atoms with Crippen molar-refractivity contribution in [1.82, 2.24) is 9.88 Å². The molecule has 180 valence electrons. The van der Waals surface area contributed by atoms with Gasteiger partial charge in [-0.2, -0.15) is 0 Å². The van der Waals surface area contributed by atoms with E-state index in [1.54, 1.807) is 36.4 Å². The minimum atomic E-state index is -4.85. The Morgan fingerprint density at radius 1 is 1.09 bits per heavy atom. The number of carbonyl (C=O) groups is 3. The molecule has 0 spiro atoms. The Bertz CT molecular complexity index is 1280. The smallest absolute Gasteiger partial charge is 0.406 e. The first-order valence-corrected chi connectivity index (χ1v) is 10.5. The van der Waals surface area contributed by atoms with Crippen molar-refractivity contribution in [2.45, 2.75) is 12.9 Å². The van der Waals surface area contributed by atoms with Crippen molar-refractivity contribution in [2.75, 3.05) is 16.8 Å². The number of nitrogens with zero attached hydrogens (tertiary/aromatic N) is 3. The molecule has 0 unspecified atom stereocenters. The fourth-order valence-electron chi connectivity index (χ4n) is 3.41. The Balaban J connectivity index is 1.44. The number of ether oxygens (including phenoxy) is 1. The van der Waals surface area contributed by atoms with E-state index < -0.39 is 30.0 Å². The lowest BCUT2D eigenvalue weighted by Crippen LogP contribution is -2.32. The van der Waals surface area contributed by atoms with E-state index in [1.807, 2.05) is 0 Å². The molecule has 8 nitrogen and oxygen atoms in total. The lowest BCUT2D eigenvalue weighted by atomic mass is 10.2. The van der Waals surface area contributed by atoms with E-state index in [0.717, 1.165) is 17.0 Å². The summed E-state index contributed by atoms with van der Waals surface area (Å²) in [6, 6.07) is 13.5. The highest BCUT2D eigenvalue weighted by molar-refractivity contribution is 6.34. The van der Waals surface area contributed by atoms with Gasteiger partial charge >= 0.3 is 12.4 Å². The number of imide groups is 1. The highest BCUT2D eigenvalue weighted by atomic mass is 35.5. The lowest BCUT2D eigenvalue weighted by Gasteiger charge is -2.18. The maximum Gasteiger partial charge on any atom is 0.573 e. The number of hydrogen-bond donors (Lipinski definition) is 1. The maximum absolute atomic E-state index is 12.8. The number of carbonyl (C=O) groups excluding carboxylic acids is 3. The molecule has 35 heavy (non-hydrogen) atoms. The average molecular weight is 505 g/mol. The molecular formula is C23H16ClF3N4O4. The summed E-state index contributed by atoms with van der Waals surface area (Å²) in [5.74, 6) is -1.25. The summed E-state index contributed by atoms with van der Waals surface area (Å²) < 4.78 is 40.8. The Kier molecular flexibility index (Phi) is 6.61. The largest absolute Gasteiger partial charge is 0.573 e. The van der Waals surface area contributed by atoms with Crippen molar-refractivity contribution in [3.05, 3.63) is 83.0 Å². The second-order valence-corrected chi connectivity index (χ2v) is 7.80. The zero-order chi connectivity index (χ0) is 25.2. The molecule has 1 aliphatic rings. The van der Waals surface area contributed by atoms with Crippen LogP contribution in [0.5, 0.6) is 5.75 Å². The van der Waals surface area contributed by atoms with E-state index in [1.165, 1.54) is 23.2 Å². The number of halogens is 4. The molecule has 0 bridgehead atoms. The Morgan fingerprint density at radius 2 is 1.80 bits per heavy atom. The van der Waals surface area contributed by atoms with Crippen LogP contribution in [0.4, 0.5) is 29.5 Å². The number of rotatable bonds is 6. The molecule has 1 aliphatic heterocycles. The molecule has 1 fully saturated rings. The van der Waals surface area contributed by atoms with Gasteiger partial charge in [-0.1, -0.05) is 23.7 Å². The maximum atomic E-state index is 12.8. The average Bonchev–Trinajstić information content (AvgIpc) is 3.06. The van der Waals surface area contributed by atoms with Gasteiger partial charge in [-0.25, -0.2) is 14.7 Å². The van der Waals surface area contributed by atoms with Crippen molar-refractivity contribution in [3.63, 3.8) is 0 Å². The van der Waals surface area contributed by atoms with Crippen molar-refractivity contribution in [2.24, 2.45) is 0 Å². The topological polar surface area (TPSA) is 91.8 Å². The molecule has 0 radical (unpaired) electrons. The van der Waals surface area contributed by atoms with Crippen LogP contribution in [0.2, 0.25) is 5.02 Å². The number of benzene rings is 2. The van der Waals surface area contributed by atoms with Gasteiger partial charge in [0, 0.05) is 12.7 Å². The van der Waals surface area contributed by atoms with Crippen LogP contribution in [-0.2, 0) is 11.3 Å². The van der Waals surface area contributed by atoms with E-state index in [4.69, 9.17) is 11.6 Å². The third-order valence-electron chi connectivity index (χ3n) is 4.92. The van der Waals surface area contributed by atoms with Gasteiger partial charge in [0.2, 0.25) is 0 Å². The minimum Gasteiger partial charge on any atom is -0.406 e. The number of alkyl halides is 3. The molecule has 0 aliphatic carbocycles. The van der Waals surface area contributed by atoms with Crippen LogP contribution in [-0.4, -0.2) is 40.6 Å². The third-order valence-corrected chi connectivity index (χ3v) is 5.25. The molecule has 1 saturated heterocycles. The fourth-order valence-corrected chi connectivity index (χ4v) is 3.64. The van der Waals surface area contributed by atoms with Gasteiger partial charge < -0.3 is 15.0 Å². The molecule has 4 rings (SSSR count). The normalized spacial score (nSPS) is 13.8. The highest BCUT2D eigenvalue weighted by Gasteiger charge is 2.37. The molecule has 4 amide bonds. The summed E-state index contributed by atoms with van der Waals surface area (Å²) in [7, 11) is 0.